The number of aromatic nitrogens is 1. The van der Waals surface area contributed by atoms with E-state index in [1.807, 2.05) is 37.3 Å². The average molecular weight is 321 g/mol. The van der Waals surface area contributed by atoms with Crippen molar-refractivity contribution in [3.63, 3.8) is 0 Å². The highest BCUT2D eigenvalue weighted by Gasteiger charge is 2.18. The minimum Gasteiger partial charge on any atom is -0.496 e. The highest BCUT2D eigenvalue weighted by atomic mass is 16.7. The largest absolute Gasteiger partial charge is 0.496 e. The van der Waals surface area contributed by atoms with Gasteiger partial charge in [-0.3, -0.25) is 9.78 Å². The first-order valence-corrected chi connectivity index (χ1v) is 7.54. The third-order valence-electron chi connectivity index (χ3n) is 4.04. The number of hydrogen-bond acceptors (Lipinski definition) is 5. The Morgan fingerprint density at radius 3 is 2.71 bits per heavy atom. The molecule has 0 atom stereocenters. The lowest BCUT2D eigenvalue weighted by molar-refractivity contribution is 0.103. The molecule has 0 aliphatic carbocycles. The first-order chi connectivity index (χ1) is 11.7. The Hall–Kier alpha value is -3.08. The molecule has 0 saturated carbocycles. The van der Waals surface area contributed by atoms with E-state index in [4.69, 9.17) is 14.2 Å². The van der Waals surface area contributed by atoms with Crippen molar-refractivity contribution < 1.29 is 19.0 Å². The van der Waals surface area contributed by atoms with E-state index < -0.39 is 0 Å². The number of carbonyl (C=O) groups excluding carboxylic acids is 1. The molecule has 0 fully saturated rings. The van der Waals surface area contributed by atoms with Crippen molar-refractivity contribution in [1.29, 1.82) is 0 Å². The number of hydrogen-bond donors (Lipinski definition) is 0. The summed E-state index contributed by atoms with van der Waals surface area (Å²) in [5.41, 5.74) is 2.81. The molecule has 0 unspecified atom stereocenters. The van der Waals surface area contributed by atoms with Crippen LogP contribution in [-0.2, 0) is 0 Å². The Morgan fingerprint density at radius 1 is 1.12 bits per heavy atom. The Morgan fingerprint density at radius 2 is 1.92 bits per heavy atom. The third-order valence-corrected chi connectivity index (χ3v) is 4.04. The fraction of sp³-hybridized carbons (Fsp3) is 0.158. The Balaban J connectivity index is 1.79. The molecular weight excluding hydrogens is 306 g/mol. The van der Waals surface area contributed by atoms with Crippen LogP contribution in [0.2, 0.25) is 0 Å². The molecule has 24 heavy (non-hydrogen) atoms. The Kier molecular flexibility index (Phi) is 3.34. The van der Waals surface area contributed by atoms with Crippen molar-refractivity contribution in [2.75, 3.05) is 13.9 Å². The molecule has 3 aromatic rings. The second-order valence-corrected chi connectivity index (χ2v) is 5.66. The lowest BCUT2D eigenvalue weighted by Gasteiger charge is -2.09. The van der Waals surface area contributed by atoms with Gasteiger partial charge in [-0.05, 0) is 36.8 Å². The summed E-state index contributed by atoms with van der Waals surface area (Å²) in [6.07, 6.45) is 1.58. The average Bonchev–Trinajstić information content (AvgIpc) is 3.05. The SMILES string of the molecule is COc1cc(C)ccc1C(=O)c1cnc2cc3c(cc2c1)OCO3. The molecule has 2 aromatic carbocycles. The summed E-state index contributed by atoms with van der Waals surface area (Å²) in [5.74, 6) is 1.78. The molecule has 0 spiro atoms. The van der Waals surface area contributed by atoms with Crippen LogP contribution in [0, 0.1) is 6.92 Å². The summed E-state index contributed by atoms with van der Waals surface area (Å²) >= 11 is 0. The van der Waals surface area contributed by atoms with Crippen LogP contribution in [0.15, 0.2) is 42.6 Å². The molecule has 0 amide bonds. The second kappa shape index (κ2) is 5.53. The minimum absolute atomic E-state index is 0.126. The van der Waals surface area contributed by atoms with E-state index in [-0.39, 0.29) is 12.6 Å². The quantitative estimate of drug-likeness (QED) is 0.691. The van der Waals surface area contributed by atoms with Gasteiger partial charge in [-0.15, -0.1) is 0 Å². The molecule has 5 heteroatoms. The summed E-state index contributed by atoms with van der Waals surface area (Å²) < 4.78 is 16.1. The van der Waals surface area contributed by atoms with E-state index >= 15 is 0 Å². The molecule has 1 aliphatic rings. The number of ether oxygens (including phenoxy) is 3. The highest BCUT2D eigenvalue weighted by molar-refractivity contribution is 6.11. The standard InChI is InChI=1S/C19H15NO4/c1-11-3-4-14(16(5-11)22-2)19(21)13-6-12-7-17-18(24-10-23-17)8-15(12)20-9-13/h3-9H,10H2,1-2H3. The van der Waals surface area contributed by atoms with Crippen LogP contribution in [0.5, 0.6) is 17.2 Å². The van der Waals surface area contributed by atoms with Crippen LogP contribution in [0.25, 0.3) is 10.9 Å². The lowest BCUT2D eigenvalue weighted by Crippen LogP contribution is -2.05. The number of fused-ring (bicyclic) bond motifs is 2. The monoisotopic (exact) mass is 321 g/mol. The van der Waals surface area contributed by atoms with Gasteiger partial charge in [0.2, 0.25) is 6.79 Å². The van der Waals surface area contributed by atoms with E-state index in [0.717, 1.165) is 16.5 Å². The van der Waals surface area contributed by atoms with Gasteiger partial charge in [-0.2, -0.15) is 0 Å². The highest BCUT2D eigenvalue weighted by Crippen LogP contribution is 2.35. The van der Waals surface area contributed by atoms with Crippen molar-refractivity contribution >= 4 is 16.7 Å². The van der Waals surface area contributed by atoms with Gasteiger partial charge < -0.3 is 14.2 Å². The maximum Gasteiger partial charge on any atom is 0.231 e. The fourth-order valence-corrected chi connectivity index (χ4v) is 2.78. The fourth-order valence-electron chi connectivity index (χ4n) is 2.78. The number of ketones is 1. The Labute approximate surface area is 138 Å². The molecule has 0 N–H and O–H groups in total. The predicted octanol–water partition coefficient (Wildman–Crippen LogP) is 3.51. The zero-order chi connectivity index (χ0) is 16.7. The van der Waals surface area contributed by atoms with Crippen molar-refractivity contribution in [3.05, 3.63) is 59.3 Å². The van der Waals surface area contributed by atoms with E-state index in [9.17, 15) is 4.79 Å². The smallest absolute Gasteiger partial charge is 0.231 e. The van der Waals surface area contributed by atoms with Gasteiger partial charge in [0.15, 0.2) is 17.3 Å². The van der Waals surface area contributed by atoms with Crippen LogP contribution in [0.1, 0.15) is 21.5 Å². The van der Waals surface area contributed by atoms with Crippen LogP contribution in [0.3, 0.4) is 0 Å². The van der Waals surface area contributed by atoms with Crippen LogP contribution >= 0.6 is 0 Å². The number of rotatable bonds is 3. The molecule has 2 heterocycles. The summed E-state index contributed by atoms with van der Waals surface area (Å²) in [6, 6.07) is 11.0. The van der Waals surface area contributed by atoms with Crippen LogP contribution in [0.4, 0.5) is 0 Å². The molecule has 0 radical (unpaired) electrons. The maximum absolute atomic E-state index is 12.8. The lowest BCUT2D eigenvalue weighted by atomic mass is 10.0. The topological polar surface area (TPSA) is 57.7 Å². The van der Waals surface area contributed by atoms with Crippen molar-refractivity contribution in [2.24, 2.45) is 0 Å². The first kappa shape index (κ1) is 14.5. The van der Waals surface area contributed by atoms with Crippen LogP contribution < -0.4 is 14.2 Å². The molecule has 0 saturated heterocycles. The zero-order valence-corrected chi connectivity index (χ0v) is 13.3. The Bertz CT molecular complexity index is 965. The van der Waals surface area contributed by atoms with E-state index in [0.29, 0.717) is 28.4 Å². The van der Waals surface area contributed by atoms with Gasteiger partial charge >= 0.3 is 0 Å². The second-order valence-electron chi connectivity index (χ2n) is 5.66. The van der Waals surface area contributed by atoms with Crippen LogP contribution in [-0.4, -0.2) is 24.7 Å². The molecule has 1 aromatic heterocycles. The molecule has 4 rings (SSSR count). The first-order valence-electron chi connectivity index (χ1n) is 7.54. The third kappa shape index (κ3) is 2.34. The maximum atomic E-state index is 12.8. The normalized spacial score (nSPS) is 12.4. The minimum atomic E-state index is -0.126. The van der Waals surface area contributed by atoms with Crippen molar-refractivity contribution in [2.45, 2.75) is 6.92 Å². The number of benzene rings is 2. The molecule has 0 bridgehead atoms. The molecule has 120 valence electrons. The van der Waals surface area contributed by atoms with E-state index in [2.05, 4.69) is 4.98 Å². The van der Waals surface area contributed by atoms with Crippen molar-refractivity contribution in [3.8, 4) is 17.2 Å². The molecule has 5 nitrogen and oxygen atoms in total. The summed E-state index contributed by atoms with van der Waals surface area (Å²) in [5, 5.41) is 0.830. The van der Waals surface area contributed by atoms with Gasteiger partial charge in [-0.1, -0.05) is 6.07 Å². The van der Waals surface area contributed by atoms with E-state index in [1.54, 1.807) is 19.4 Å². The summed E-state index contributed by atoms with van der Waals surface area (Å²) in [4.78, 5) is 17.2. The zero-order valence-electron chi connectivity index (χ0n) is 13.3. The number of carbonyl (C=O) groups is 1. The van der Waals surface area contributed by atoms with Gasteiger partial charge in [0, 0.05) is 23.2 Å². The molecule has 1 aliphatic heterocycles. The summed E-state index contributed by atoms with van der Waals surface area (Å²) in [6.45, 7) is 2.16. The number of pyridine rings is 1. The number of aryl methyl sites for hydroxylation is 1. The van der Waals surface area contributed by atoms with E-state index in [1.165, 1.54) is 0 Å². The van der Waals surface area contributed by atoms with Crippen molar-refractivity contribution in [1.82, 2.24) is 4.98 Å². The predicted molar refractivity (Wildman–Crippen MR) is 89.0 cm³/mol. The van der Waals surface area contributed by atoms with Gasteiger partial charge in [0.25, 0.3) is 0 Å². The van der Waals surface area contributed by atoms with Gasteiger partial charge in [0.05, 0.1) is 18.2 Å². The summed E-state index contributed by atoms with van der Waals surface area (Å²) in [7, 11) is 1.56. The molecular formula is C19H15NO4. The number of methoxy groups -OCH3 is 1. The van der Waals surface area contributed by atoms with Gasteiger partial charge in [0.1, 0.15) is 5.75 Å². The number of nitrogens with zero attached hydrogens (tertiary/aromatic N) is 1. The van der Waals surface area contributed by atoms with Gasteiger partial charge in [-0.25, -0.2) is 0 Å².